The van der Waals surface area contributed by atoms with Gasteiger partial charge in [0.05, 0.1) is 11.4 Å². The van der Waals surface area contributed by atoms with E-state index in [0.717, 1.165) is 67.8 Å². The van der Waals surface area contributed by atoms with Crippen LogP contribution in [-0.4, -0.2) is 0 Å². The van der Waals surface area contributed by atoms with Crippen LogP contribution in [0.1, 0.15) is 44.5 Å². The highest BCUT2D eigenvalue weighted by Gasteiger charge is 2.13. The number of rotatable bonds is 12. The Morgan fingerprint density at radius 1 is 0.250 bits per heavy atom. The lowest BCUT2D eigenvalue weighted by Gasteiger charge is -2.25. The van der Waals surface area contributed by atoms with E-state index in [1.807, 2.05) is 24.3 Å². The normalized spacial score (nSPS) is 11.5. The zero-order chi connectivity index (χ0) is 41.3. The van der Waals surface area contributed by atoms with E-state index in [4.69, 9.17) is 0 Å². The Kier molecular flexibility index (Phi) is 12.0. The molecule has 0 saturated heterocycles. The maximum atomic E-state index is 4.49. The Morgan fingerprint density at radius 2 is 0.433 bits per heavy atom. The predicted molar refractivity (Wildman–Crippen MR) is 256 cm³/mol. The Hall–Kier alpha value is -7.56. The van der Waals surface area contributed by atoms with Gasteiger partial charge < -0.3 is 9.80 Å². The van der Waals surface area contributed by atoms with Crippen molar-refractivity contribution in [3.05, 3.63) is 239 Å². The highest BCUT2D eigenvalue weighted by atomic mass is 15.1. The zero-order valence-electron chi connectivity index (χ0n) is 34.6. The van der Waals surface area contributed by atoms with Gasteiger partial charge in [0.2, 0.25) is 0 Å². The zero-order valence-corrected chi connectivity index (χ0v) is 34.6. The minimum absolute atomic E-state index is 0.805. The maximum Gasteiger partial charge on any atom is 0.0857 e. The van der Waals surface area contributed by atoms with Gasteiger partial charge in [0.15, 0.2) is 0 Å². The summed E-state index contributed by atoms with van der Waals surface area (Å²) in [6.45, 7) is 8.47. The highest BCUT2D eigenvalue weighted by molar-refractivity contribution is 5.80. The summed E-state index contributed by atoms with van der Waals surface area (Å²) in [6, 6.07) is 68.3. The summed E-state index contributed by atoms with van der Waals surface area (Å²) in [4.78, 5) is 4.58. The van der Waals surface area contributed by atoms with E-state index in [1.165, 1.54) is 22.3 Å². The summed E-state index contributed by atoms with van der Waals surface area (Å²) in [5.74, 6) is 0. The fourth-order valence-electron chi connectivity index (χ4n) is 6.94. The van der Waals surface area contributed by atoms with Crippen molar-refractivity contribution < 1.29 is 0 Å². The topological polar surface area (TPSA) is 31.2 Å². The molecule has 0 atom stereocenters. The summed E-state index contributed by atoms with van der Waals surface area (Å²) < 4.78 is 0. The first-order valence-corrected chi connectivity index (χ1v) is 20.4. The van der Waals surface area contributed by atoms with Crippen molar-refractivity contribution in [1.82, 2.24) is 0 Å². The molecule has 4 nitrogen and oxygen atoms in total. The van der Waals surface area contributed by atoms with Crippen molar-refractivity contribution in [3.63, 3.8) is 0 Å². The molecule has 0 fully saturated rings. The van der Waals surface area contributed by atoms with Crippen LogP contribution in [0.2, 0.25) is 0 Å². The van der Waals surface area contributed by atoms with Crippen molar-refractivity contribution >= 4 is 69.8 Å². The van der Waals surface area contributed by atoms with E-state index in [9.17, 15) is 0 Å². The molecule has 60 heavy (non-hydrogen) atoms. The maximum absolute atomic E-state index is 4.49. The number of hydrogen-bond donors (Lipinski definition) is 0. The van der Waals surface area contributed by atoms with E-state index in [1.54, 1.807) is 0 Å². The van der Waals surface area contributed by atoms with Crippen LogP contribution < -0.4 is 9.80 Å². The summed E-state index contributed by atoms with van der Waals surface area (Å²) in [5.41, 5.74) is 17.8. The molecule has 0 heterocycles. The van der Waals surface area contributed by atoms with Gasteiger partial charge in [-0.1, -0.05) is 144 Å². The van der Waals surface area contributed by atoms with Gasteiger partial charge in [-0.15, -0.1) is 0 Å². The standard InChI is InChI=1S/C56H48N4/c1-41-5-29-51(30-6-41)59(52-31-7-42(2)8-32-52)55-37-21-47(22-38-55)15-13-45-17-25-49(26-18-45)57-58-50-27-19-46(20-28-50)14-16-48-23-39-56(40-24-48)60(53-33-9-43(3)10-34-53)54-35-11-44(4)12-36-54/h5-40H,1-4H3/b15-13+,16-14+,58-57?. The SMILES string of the molecule is Cc1ccc(N(c2ccc(C)cc2)c2ccc(/C=C/c3ccc(N=Nc4ccc(/C=C/c5ccc(N(c6ccc(C)cc6)c6ccc(C)cc6)cc5)cc4)cc3)cc2)cc1. The van der Waals surface area contributed by atoms with Gasteiger partial charge in [0, 0.05) is 34.1 Å². The molecule has 0 saturated carbocycles. The second kappa shape index (κ2) is 18.4. The molecular formula is C56H48N4. The van der Waals surface area contributed by atoms with Gasteiger partial charge in [0.1, 0.15) is 0 Å². The lowest BCUT2D eigenvalue weighted by atomic mass is 10.1. The molecule has 0 aliphatic rings. The van der Waals surface area contributed by atoms with Crippen LogP contribution >= 0.6 is 0 Å². The monoisotopic (exact) mass is 776 g/mol. The molecule has 8 aromatic rings. The Labute approximate surface area is 354 Å². The second-order valence-corrected chi connectivity index (χ2v) is 15.2. The van der Waals surface area contributed by atoms with Gasteiger partial charge in [-0.2, -0.15) is 10.2 Å². The van der Waals surface area contributed by atoms with Crippen LogP contribution in [-0.2, 0) is 0 Å². The fourth-order valence-corrected chi connectivity index (χ4v) is 6.94. The molecule has 0 N–H and O–H groups in total. The lowest BCUT2D eigenvalue weighted by molar-refractivity contribution is 1.23. The van der Waals surface area contributed by atoms with E-state index in [-0.39, 0.29) is 0 Å². The molecule has 0 radical (unpaired) electrons. The third-order valence-electron chi connectivity index (χ3n) is 10.5. The number of azo groups is 1. The number of benzene rings is 8. The van der Waals surface area contributed by atoms with Crippen LogP contribution in [0.5, 0.6) is 0 Å². The smallest absolute Gasteiger partial charge is 0.0857 e. The van der Waals surface area contributed by atoms with E-state index in [0.29, 0.717) is 0 Å². The first-order chi connectivity index (χ1) is 29.3. The quantitative estimate of drug-likeness (QED) is 0.0914. The van der Waals surface area contributed by atoms with Gasteiger partial charge in [-0.05, 0) is 147 Å². The minimum Gasteiger partial charge on any atom is -0.311 e. The molecule has 0 unspecified atom stereocenters. The Morgan fingerprint density at radius 3 is 0.650 bits per heavy atom. The van der Waals surface area contributed by atoms with Crippen LogP contribution in [0.25, 0.3) is 24.3 Å². The molecular weight excluding hydrogens is 729 g/mol. The number of nitrogens with zero attached hydrogens (tertiary/aromatic N) is 4. The van der Waals surface area contributed by atoms with Crippen molar-refractivity contribution in [2.24, 2.45) is 10.2 Å². The number of hydrogen-bond acceptors (Lipinski definition) is 4. The fraction of sp³-hybridized carbons (Fsp3) is 0.0714. The third-order valence-corrected chi connectivity index (χ3v) is 10.5. The molecule has 0 aliphatic heterocycles. The molecule has 0 amide bonds. The Balaban J connectivity index is 0.875. The van der Waals surface area contributed by atoms with Gasteiger partial charge in [0.25, 0.3) is 0 Å². The van der Waals surface area contributed by atoms with Crippen LogP contribution in [0, 0.1) is 27.7 Å². The highest BCUT2D eigenvalue weighted by Crippen LogP contribution is 2.36. The average Bonchev–Trinajstić information content (AvgIpc) is 3.28. The first-order valence-electron chi connectivity index (χ1n) is 20.4. The molecule has 0 aliphatic carbocycles. The van der Waals surface area contributed by atoms with E-state index in [2.05, 4.69) is 242 Å². The third kappa shape index (κ3) is 9.93. The minimum atomic E-state index is 0.805. The van der Waals surface area contributed by atoms with Crippen molar-refractivity contribution in [2.45, 2.75) is 27.7 Å². The molecule has 8 aromatic carbocycles. The summed E-state index contributed by atoms with van der Waals surface area (Å²) >= 11 is 0. The van der Waals surface area contributed by atoms with E-state index >= 15 is 0 Å². The molecule has 8 rings (SSSR count). The number of anilines is 6. The summed E-state index contributed by atoms with van der Waals surface area (Å²) in [7, 11) is 0. The van der Waals surface area contributed by atoms with Crippen LogP contribution in [0.4, 0.5) is 45.5 Å². The van der Waals surface area contributed by atoms with Crippen molar-refractivity contribution in [3.8, 4) is 0 Å². The number of aryl methyl sites for hydroxylation is 4. The van der Waals surface area contributed by atoms with Gasteiger partial charge in [-0.3, -0.25) is 0 Å². The van der Waals surface area contributed by atoms with Crippen LogP contribution in [0.15, 0.2) is 204 Å². The molecule has 0 spiro atoms. The molecule has 0 bridgehead atoms. The predicted octanol–water partition coefficient (Wildman–Crippen LogP) is 16.6. The van der Waals surface area contributed by atoms with Gasteiger partial charge >= 0.3 is 0 Å². The molecule has 0 aromatic heterocycles. The largest absolute Gasteiger partial charge is 0.311 e. The Bertz CT molecular complexity index is 2420. The lowest BCUT2D eigenvalue weighted by Crippen LogP contribution is -2.09. The van der Waals surface area contributed by atoms with Gasteiger partial charge in [-0.25, -0.2) is 0 Å². The van der Waals surface area contributed by atoms with Crippen molar-refractivity contribution in [2.75, 3.05) is 9.80 Å². The van der Waals surface area contributed by atoms with E-state index < -0.39 is 0 Å². The summed E-state index contributed by atoms with van der Waals surface area (Å²) in [6.07, 6.45) is 8.53. The summed E-state index contributed by atoms with van der Waals surface area (Å²) in [5, 5.41) is 8.99. The van der Waals surface area contributed by atoms with Crippen LogP contribution in [0.3, 0.4) is 0 Å². The molecule has 4 heteroatoms. The molecule has 292 valence electrons. The van der Waals surface area contributed by atoms with Crippen molar-refractivity contribution in [1.29, 1.82) is 0 Å². The average molecular weight is 777 g/mol. The first kappa shape index (κ1) is 39.3. The second-order valence-electron chi connectivity index (χ2n) is 15.2.